The molecule has 1 aliphatic carbocycles. The average molecular weight is 209 g/mol. The summed E-state index contributed by atoms with van der Waals surface area (Å²) in [5.74, 6) is 0.732. The van der Waals surface area contributed by atoms with Crippen molar-refractivity contribution in [3.63, 3.8) is 0 Å². The molecule has 0 aromatic carbocycles. The summed E-state index contributed by atoms with van der Waals surface area (Å²) in [7, 11) is 0. The number of hydrogen-bond acceptors (Lipinski definition) is 4. The van der Waals surface area contributed by atoms with Crippen LogP contribution in [0.4, 0.5) is 0 Å². The van der Waals surface area contributed by atoms with Gasteiger partial charge < -0.3 is 5.73 Å². The smallest absolute Gasteiger partial charge is 0.194 e. The molecule has 0 unspecified atom stereocenters. The molecule has 1 aromatic heterocycles. The number of nitrogens with two attached hydrogens (primary N) is 1. The molecule has 5 nitrogen and oxygen atoms in total. The highest BCUT2D eigenvalue weighted by Gasteiger charge is 2.33. The summed E-state index contributed by atoms with van der Waals surface area (Å²) >= 11 is 0. The first kappa shape index (κ1) is 10.5. The third-order valence-corrected chi connectivity index (χ3v) is 3.07. The Morgan fingerprint density at radius 3 is 2.73 bits per heavy atom. The van der Waals surface area contributed by atoms with Crippen LogP contribution in [0.3, 0.4) is 0 Å². The largest absolute Gasteiger partial charge is 0.319 e. The molecule has 0 radical (unpaired) electrons. The highest BCUT2D eigenvalue weighted by molar-refractivity contribution is 5.02. The van der Waals surface area contributed by atoms with E-state index in [1.54, 1.807) is 4.80 Å². The van der Waals surface area contributed by atoms with Gasteiger partial charge >= 0.3 is 0 Å². The summed E-state index contributed by atoms with van der Waals surface area (Å²) in [6.45, 7) is 2.92. The average Bonchev–Trinajstić information content (AvgIpc) is 2.69. The van der Waals surface area contributed by atoms with Crippen LogP contribution in [0.15, 0.2) is 0 Å². The molecule has 84 valence electrons. The molecular formula is C10H19N5. The van der Waals surface area contributed by atoms with Gasteiger partial charge in [0.2, 0.25) is 0 Å². The van der Waals surface area contributed by atoms with Gasteiger partial charge in [0, 0.05) is 0 Å². The summed E-state index contributed by atoms with van der Waals surface area (Å²) in [6.07, 6.45) is 6.64. The second-order valence-corrected chi connectivity index (χ2v) is 4.43. The molecule has 15 heavy (non-hydrogen) atoms. The molecular weight excluding hydrogens is 190 g/mol. The maximum Gasteiger partial charge on any atom is 0.194 e. The maximum absolute atomic E-state index is 6.31. The minimum Gasteiger partial charge on any atom is -0.319 e. The van der Waals surface area contributed by atoms with E-state index in [-0.39, 0.29) is 5.54 Å². The van der Waals surface area contributed by atoms with Crippen molar-refractivity contribution >= 4 is 0 Å². The lowest BCUT2D eigenvalue weighted by Crippen LogP contribution is -2.39. The van der Waals surface area contributed by atoms with Crippen LogP contribution < -0.4 is 5.73 Å². The van der Waals surface area contributed by atoms with Gasteiger partial charge in [-0.05, 0) is 24.5 Å². The number of aromatic nitrogens is 4. The summed E-state index contributed by atoms with van der Waals surface area (Å²) in [5.41, 5.74) is 6.00. The van der Waals surface area contributed by atoms with Crippen LogP contribution >= 0.6 is 0 Å². The predicted octanol–water partition coefficient (Wildman–Crippen LogP) is 1.20. The van der Waals surface area contributed by atoms with Crippen LogP contribution in [0.5, 0.6) is 0 Å². The molecule has 0 bridgehead atoms. The topological polar surface area (TPSA) is 69.6 Å². The molecule has 1 aromatic rings. The Morgan fingerprint density at radius 2 is 2.07 bits per heavy atom. The Kier molecular flexibility index (Phi) is 3.00. The lowest BCUT2D eigenvalue weighted by molar-refractivity contribution is 0.285. The third kappa shape index (κ3) is 2.17. The van der Waals surface area contributed by atoms with Crippen molar-refractivity contribution < 1.29 is 0 Å². The maximum atomic E-state index is 6.31. The Balaban J connectivity index is 2.12. The van der Waals surface area contributed by atoms with E-state index in [9.17, 15) is 0 Å². The molecule has 5 heteroatoms. The van der Waals surface area contributed by atoms with Crippen molar-refractivity contribution in [2.24, 2.45) is 5.73 Å². The zero-order valence-corrected chi connectivity index (χ0v) is 9.32. The van der Waals surface area contributed by atoms with Gasteiger partial charge in [0.05, 0.1) is 12.1 Å². The minimum absolute atomic E-state index is 0.315. The fourth-order valence-electron chi connectivity index (χ4n) is 2.14. The van der Waals surface area contributed by atoms with Crippen LogP contribution in [0.25, 0.3) is 0 Å². The van der Waals surface area contributed by atoms with Gasteiger partial charge in [0.15, 0.2) is 5.82 Å². The molecule has 2 rings (SSSR count). The van der Waals surface area contributed by atoms with Gasteiger partial charge in [0.1, 0.15) is 0 Å². The first-order valence-corrected chi connectivity index (χ1v) is 5.82. The van der Waals surface area contributed by atoms with Gasteiger partial charge in [-0.3, -0.25) is 0 Å². The van der Waals surface area contributed by atoms with Crippen molar-refractivity contribution in [2.45, 2.75) is 57.5 Å². The fraction of sp³-hybridized carbons (Fsp3) is 0.900. The number of aryl methyl sites for hydroxylation is 1. The Bertz CT molecular complexity index is 313. The monoisotopic (exact) mass is 209 g/mol. The van der Waals surface area contributed by atoms with Crippen LogP contribution in [-0.2, 0) is 12.1 Å². The van der Waals surface area contributed by atoms with Gasteiger partial charge in [-0.15, -0.1) is 10.2 Å². The van der Waals surface area contributed by atoms with Crippen LogP contribution in [0.1, 0.15) is 51.3 Å². The molecule has 1 fully saturated rings. The van der Waals surface area contributed by atoms with E-state index in [0.717, 1.165) is 31.6 Å². The van der Waals surface area contributed by atoms with Crippen LogP contribution in [0, 0.1) is 0 Å². The zero-order valence-electron chi connectivity index (χ0n) is 9.32. The second kappa shape index (κ2) is 4.26. The molecule has 1 saturated carbocycles. The van der Waals surface area contributed by atoms with Gasteiger partial charge in [-0.25, -0.2) is 0 Å². The van der Waals surface area contributed by atoms with E-state index < -0.39 is 0 Å². The molecule has 0 atom stereocenters. The van der Waals surface area contributed by atoms with Crippen molar-refractivity contribution in [2.75, 3.05) is 0 Å². The molecule has 0 saturated heterocycles. The van der Waals surface area contributed by atoms with E-state index in [0.29, 0.717) is 0 Å². The van der Waals surface area contributed by atoms with Crippen molar-refractivity contribution in [3.05, 3.63) is 5.82 Å². The summed E-state index contributed by atoms with van der Waals surface area (Å²) in [4.78, 5) is 1.65. The van der Waals surface area contributed by atoms with E-state index in [1.807, 2.05) is 0 Å². The molecule has 0 amide bonds. The van der Waals surface area contributed by atoms with E-state index in [1.165, 1.54) is 19.3 Å². The minimum atomic E-state index is -0.315. The van der Waals surface area contributed by atoms with Gasteiger partial charge in [-0.2, -0.15) is 4.80 Å². The SMILES string of the molecule is CCCn1nnc(C2(N)CCCCC2)n1. The first-order chi connectivity index (χ1) is 7.24. The number of rotatable bonds is 3. The Labute approximate surface area is 90.0 Å². The fourth-order valence-corrected chi connectivity index (χ4v) is 2.14. The van der Waals surface area contributed by atoms with E-state index in [2.05, 4.69) is 22.3 Å². The standard InChI is InChI=1S/C10H19N5/c1-2-8-15-13-9(12-14-15)10(11)6-4-3-5-7-10/h2-8,11H2,1H3. The van der Waals surface area contributed by atoms with Crippen molar-refractivity contribution in [1.29, 1.82) is 0 Å². The van der Waals surface area contributed by atoms with Gasteiger partial charge in [-0.1, -0.05) is 26.2 Å². The number of nitrogens with zero attached hydrogens (tertiary/aromatic N) is 4. The predicted molar refractivity (Wildman–Crippen MR) is 57.1 cm³/mol. The molecule has 1 aliphatic rings. The highest BCUT2D eigenvalue weighted by atomic mass is 15.6. The Hall–Kier alpha value is -0.970. The van der Waals surface area contributed by atoms with Gasteiger partial charge in [0.25, 0.3) is 0 Å². The van der Waals surface area contributed by atoms with E-state index in [4.69, 9.17) is 5.73 Å². The van der Waals surface area contributed by atoms with Crippen molar-refractivity contribution in [1.82, 2.24) is 20.2 Å². The normalized spacial score (nSPS) is 20.4. The van der Waals surface area contributed by atoms with E-state index >= 15 is 0 Å². The highest BCUT2D eigenvalue weighted by Crippen LogP contribution is 2.32. The second-order valence-electron chi connectivity index (χ2n) is 4.43. The molecule has 2 N–H and O–H groups in total. The number of hydrogen-bond donors (Lipinski definition) is 1. The summed E-state index contributed by atoms with van der Waals surface area (Å²) < 4.78 is 0. The summed E-state index contributed by atoms with van der Waals surface area (Å²) in [5, 5.41) is 12.5. The third-order valence-electron chi connectivity index (χ3n) is 3.07. The first-order valence-electron chi connectivity index (χ1n) is 5.82. The zero-order chi connectivity index (χ0) is 10.7. The lowest BCUT2D eigenvalue weighted by atomic mass is 9.82. The Morgan fingerprint density at radius 1 is 1.33 bits per heavy atom. The molecule has 0 aliphatic heterocycles. The quantitative estimate of drug-likeness (QED) is 0.812. The summed E-state index contributed by atoms with van der Waals surface area (Å²) in [6, 6.07) is 0. The lowest BCUT2D eigenvalue weighted by Gasteiger charge is -2.29. The number of tetrazole rings is 1. The van der Waals surface area contributed by atoms with Crippen molar-refractivity contribution in [3.8, 4) is 0 Å². The van der Waals surface area contributed by atoms with Crippen LogP contribution in [-0.4, -0.2) is 20.2 Å². The van der Waals surface area contributed by atoms with Crippen LogP contribution in [0.2, 0.25) is 0 Å². The molecule has 1 heterocycles. The molecule has 0 spiro atoms.